The van der Waals surface area contributed by atoms with E-state index in [1.54, 1.807) is 23.2 Å². The van der Waals surface area contributed by atoms with Crippen molar-refractivity contribution in [1.82, 2.24) is 18.9 Å². The monoisotopic (exact) mass is 265 g/mol. The van der Waals surface area contributed by atoms with Crippen LogP contribution in [0.25, 0.3) is 11.0 Å². The summed E-state index contributed by atoms with van der Waals surface area (Å²) in [6.07, 6.45) is 0. The van der Waals surface area contributed by atoms with E-state index < -0.39 is 0 Å². The summed E-state index contributed by atoms with van der Waals surface area (Å²) in [5.41, 5.74) is 0.00273. The summed E-state index contributed by atoms with van der Waals surface area (Å²) in [5.74, 6) is 0.536. The van der Waals surface area contributed by atoms with Gasteiger partial charge < -0.3 is 5.32 Å². The van der Waals surface area contributed by atoms with E-state index in [-0.39, 0.29) is 11.2 Å². The number of rotatable bonds is 4. The van der Waals surface area contributed by atoms with Crippen LogP contribution < -0.4 is 16.6 Å². The number of aryl methyl sites for hydroxylation is 2. The van der Waals surface area contributed by atoms with Crippen molar-refractivity contribution in [2.75, 3.05) is 11.9 Å². The first-order valence-corrected chi connectivity index (χ1v) is 6.50. The highest BCUT2D eigenvalue weighted by molar-refractivity contribution is 5.87. The van der Waals surface area contributed by atoms with Crippen molar-refractivity contribution in [2.24, 2.45) is 7.05 Å². The van der Waals surface area contributed by atoms with Gasteiger partial charge in [0.2, 0.25) is 0 Å². The Labute approximate surface area is 110 Å². The van der Waals surface area contributed by atoms with E-state index in [0.717, 1.165) is 0 Å². The molecule has 0 bridgehead atoms. The molecule has 0 aromatic carbocycles. The molecule has 0 amide bonds. The lowest BCUT2D eigenvalue weighted by atomic mass is 10.3. The number of hydrogen-bond acceptors (Lipinski definition) is 4. The molecule has 0 aliphatic heterocycles. The van der Waals surface area contributed by atoms with Crippen molar-refractivity contribution in [1.29, 1.82) is 0 Å². The quantitative estimate of drug-likeness (QED) is 0.866. The van der Waals surface area contributed by atoms with Crippen LogP contribution in [0.3, 0.4) is 0 Å². The topological polar surface area (TPSA) is 73.8 Å². The standard InChI is InChI=1S/C12H19N5O2/c1-5-13-9-8-10(15(4)14-9)16(6-2)12(19)17(7-3)11(8)18/h5-7H2,1-4H3,(H,13,14). The SMILES string of the molecule is CCNc1nn(C)c2c1c(=O)n(CC)c(=O)n2CC. The molecule has 2 aromatic rings. The molecule has 104 valence electrons. The second-order valence-electron chi connectivity index (χ2n) is 4.28. The maximum Gasteiger partial charge on any atom is 0.332 e. The molecule has 0 spiro atoms. The molecule has 0 saturated heterocycles. The van der Waals surface area contributed by atoms with Crippen molar-refractivity contribution in [3.63, 3.8) is 0 Å². The zero-order chi connectivity index (χ0) is 14.2. The van der Waals surface area contributed by atoms with Gasteiger partial charge in [-0.25, -0.2) is 9.48 Å². The van der Waals surface area contributed by atoms with E-state index in [2.05, 4.69) is 10.4 Å². The Morgan fingerprint density at radius 2 is 1.74 bits per heavy atom. The summed E-state index contributed by atoms with van der Waals surface area (Å²) in [6.45, 7) is 7.13. The van der Waals surface area contributed by atoms with Crippen LogP contribution in [0.4, 0.5) is 5.82 Å². The first-order chi connectivity index (χ1) is 9.06. The fraction of sp³-hybridized carbons (Fsp3) is 0.583. The number of nitrogens with zero attached hydrogens (tertiary/aromatic N) is 4. The smallest absolute Gasteiger partial charge is 0.332 e. The zero-order valence-corrected chi connectivity index (χ0v) is 11.7. The van der Waals surface area contributed by atoms with E-state index in [1.807, 2.05) is 13.8 Å². The number of anilines is 1. The van der Waals surface area contributed by atoms with Gasteiger partial charge in [-0.15, -0.1) is 0 Å². The zero-order valence-electron chi connectivity index (χ0n) is 11.7. The Morgan fingerprint density at radius 3 is 2.26 bits per heavy atom. The van der Waals surface area contributed by atoms with Crippen LogP contribution in [-0.4, -0.2) is 25.5 Å². The molecule has 7 nitrogen and oxygen atoms in total. The minimum atomic E-state index is -0.284. The number of fused-ring (bicyclic) bond motifs is 1. The highest BCUT2D eigenvalue weighted by atomic mass is 16.2. The lowest BCUT2D eigenvalue weighted by Crippen LogP contribution is -2.39. The fourth-order valence-electron chi connectivity index (χ4n) is 2.33. The Bertz CT molecular complexity index is 722. The molecule has 7 heteroatoms. The maximum atomic E-state index is 12.4. The molecule has 2 aromatic heterocycles. The van der Waals surface area contributed by atoms with Crippen molar-refractivity contribution in [3.8, 4) is 0 Å². The van der Waals surface area contributed by atoms with Crippen molar-refractivity contribution < 1.29 is 0 Å². The van der Waals surface area contributed by atoms with Gasteiger partial charge in [-0.2, -0.15) is 5.10 Å². The first-order valence-electron chi connectivity index (χ1n) is 6.50. The van der Waals surface area contributed by atoms with Crippen LogP contribution in [0, 0.1) is 0 Å². The van der Waals surface area contributed by atoms with Crippen LogP contribution in [0.1, 0.15) is 20.8 Å². The summed E-state index contributed by atoms with van der Waals surface area (Å²) >= 11 is 0. The summed E-state index contributed by atoms with van der Waals surface area (Å²) < 4.78 is 4.40. The molecule has 1 N–H and O–H groups in total. The van der Waals surface area contributed by atoms with Gasteiger partial charge in [0, 0.05) is 26.7 Å². The molecule has 2 heterocycles. The lowest BCUT2D eigenvalue weighted by molar-refractivity contribution is 0.595. The van der Waals surface area contributed by atoms with Gasteiger partial charge in [-0.05, 0) is 20.8 Å². The Morgan fingerprint density at radius 1 is 1.11 bits per heavy atom. The molecule has 0 unspecified atom stereocenters. The Kier molecular flexibility index (Phi) is 3.46. The van der Waals surface area contributed by atoms with Crippen molar-refractivity contribution in [3.05, 3.63) is 20.8 Å². The third-order valence-electron chi connectivity index (χ3n) is 3.17. The molecule has 0 radical (unpaired) electrons. The summed E-state index contributed by atoms with van der Waals surface area (Å²) in [4.78, 5) is 24.7. The molecular formula is C12H19N5O2. The predicted octanol–water partition coefficient (Wildman–Crippen LogP) is 0.368. The second kappa shape index (κ2) is 4.91. The fourth-order valence-corrected chi connectivity index (χ4v) is 2.33. The average molecular weight is 265 g/mol. The van der Waals surface area contributed by atoms with Gasteiger partial charge in [0.15, 0.2) is 5.82 Å². The first kappa shape index (κ1) is 13.4. The Balaban J connectivity index is 3.02. The van der Waals surface area contributed by atoms with Gasteiger partial charge in [0.1, 0.15) is 11.0 Å². The second-order valence-corrected chi connectivity index (χ2v) is 4.28. The van der Waals surface area contributed by atoms with E-state index >= 15 is 0 Å². The molecule has 0 atom stereocenters. The molecule has 0 fully saturated rings. The number of hydrogen-bond donors (Lipinski definition) is 1. The minimum Gasteiger partial charge on any atom is -0.368 e. The minimum absolute atomic E-state index is 0.281. The Hall–Kier alpha value is -2.05. The lowest BCUT2D eigenvalue weighted by Gasteiger charge is -2.09. The van der Waals surface area contributed by atoms with Gasteiger partial charge >= 0.3 is 5.69 Å². The number of aromatic nitrogens is 4. The van der Waals surface area contributed by atoms with Crippen molar-refractivity contribution >= 4 is 16.9 Å². The van der Waals surface area contributed by atoms with Gasteiger partial charge in [0.05, 0.1) is 0 Å². The number of nitrogens with one attached hydrogen (secondary N) is 1. The summed E-state index contributed by atoms with van der Waals surface area (Å²) in [6, 6.07) is 0. The maximum absolute atomic E-state index is 12.4. The molecular weight excluding hydrogens is 246 g/mol. The van der Waals surface area contributed by atoms with Crippen LogP contribution in [-0.2, 0) is 20.1 Å². The molecule has 0 saturated carbocycles. The van der Waals surface area contributed by atoms with E-state index in [4.69, 9.17) is 0 Å². The summed E-state index contributed by atoms with van der Waals surface area (Å²) in [7, 11) is 1.74. The van der Waals surface area contributed by atoms with Crippen LogP contribution >= 0.6 is 0 Å². The van der Waals surface area contributed by atoms with E-state index in [1.165, 1.54) is 4.57 Å². The van der Waals surface area contributed by atoms with Crippen LogP contribution in [0.2, 0.25) is 0 Å². The van der Waals surface area contributed by atoms with Crippen LogP contribution in [0.15, 0.2) is 9.59 Å². The van der Waals surface area contributed by atoms with Gasteiger partial charge in [0.25, 0.3) is 5.56 Å². The third-order valence-corrected chi connectivity index (χ3v) is 3.17. The van der Waals surface area contributed by atoms with Gasteiger partial charge in [-0.1, -0.05) is 0 Å². The highest BCUT2D eigenvalue weighted by Crippen LogP contribution is 2.17. The van der Waals surface area contributed by atoms with Gasteiger partial charge in [-0.3, -0.25) is 13.9 Å². The largest absolute Gasteiger partial charge is 0.368 e. The van der Waals surface area contributed by atoms with Crippen molar-refractivity contribution in [2.45, 2.75) is 33.9 Å². The van der Waals surface area contributed by atoms with E-state index in [0.29, 0.717) is 36.5 Å². The third kappa shape index (κ3) is 1.85. The van der Waals surface area contributed by atoms with E-state index in [9.17, 15) is 9.59 Å². The predicted molar refractivity (Wildman–Crippen MR) is 74.7 cm³/mol. The molecule has 19 heavy (non-hydrogen) atoms. The normalized spacial score (nSPS) is 11.2. The highest BCUT2D eigenvalue weighted by Gasteiger charge is 2.19. The summed E-state index contributed by atoms with van der Waals surface area (Å²) in [5, 5.41) is 7.85. The average Bonchev–Trinajstić information content (AvgIpc) is 2.69. The molecule has 2 rings (SSSR count). The van der Waals surface area contributed by atoms with Crippen LogP contribution in [0.5, 0.6) is 0 Å². The molecule has 0 aliphatic carbocycles. The molecule has 0 aliphatic rings.